The van der Waals surface area contributed by atoms with E-state index in [1.54, 1.807) is 24.3 Å². The van der Waals surface area contributed by atoms with Gasteiger partial charge in [0.15, 0.2) is 0 Å². The molecule has 5 heteroatoms. The standard InChI is InChI=1S/C18H17N3O2/c1-2-9-16(17(19)22)20-18(23)21(14-10-5-3-6-11-14)15-12-7-4-8-13-15/h1,3-8,10-13,16H,9H2,(H2,19,22)(H,20,23)/t16-/m0/s1. The van der Waals surface area contributed by atoms with Gasteiger partial charge in [-0.2, -0.15) is 0 Å². The first-order chi connectivity index (χ1) is 11.1. The highest BCUT2D eigenvalue weighted by Crippen LogP contribution is 2.25. The summed E-state index contributed by atoms with van der Waals surface area (Å²) in [4.78, 5) is 25.6. The van der Waals surface area contributed by atoms with E-state index in [0.717, 1.165) is 0 Å². The molecule has 23 heavy (non-hydrogen) atoms. The number of nitrogens with two attached hydrogens (primary N) is 1. The quantitative estimate of drug-likeness (QED) is 0.832. The fraction of sp³-hybridized carbons (Fsp3) is 0.111. The summed E-state index contributed by atoms with van der Waals surface area (Å²) >= 11 is 0. The molecule has 5 nitrogen and oxygen atoms in total. The van der Waals surface area contributed by atoms with Gasteiger partial charge in [-0.25, -0.2) is 4.79 Å². The van der Waals surface area contributed by atoms with Crippen molar-refractivity contribution in [2.75, 3.05) is 4.90 Å². The topological polar surface area (TPSA) is 75.4 Å². The number of anilines is 2. The lowest BCUT2D eigenvalue weighted by Crippen LogP contribution is -2.48. The summed E-state index contributed by atoms with van der Waals surface area (Å²) in [5, 5.41) is 2.58. The number of terminal acetylenes is 1. The van der Waals surface area contributed by atoms with Crippen LogP contribution < -0.4 is 16.0 Å². The lowest BCUT2D eigenvalue weighted by Gasteiger charge is -2.25. The first-order valence-electron chi connectivity index (χ1n) is 7.07. The van der Waals surface area contributed by atoms with Crippen LogP contribution in [0.4, 0.5) is 16.2 Å². The molecule has 3 amide bonds. The number of hydrogen-bond acceptors (Lipinski definition) is 2. The number of benzene rings is 2. The maximum absolute atomic E-state index is 12.7. The molecule has 2 aromatic carbocycles. The second-order valence-electron chi connectivity index (χ2n) is 4.82. The molecule has 0 heterocycles. The van der Waals surface area contributed by atoms with Gasteiger partial charge >= 0.3 is 6.03 Å². The Bertz CT molecular complexity index is 669. The molecule has 1 atom stereocenters. The smallest absolute Gasteiger partial charge is 0.327 e. The molecule has 2 aromatic rings. The second-order valence-corrected chi connectivity index (χ2v) is 4.82. The Morgan fingerprint density at radius 3 is 1.91 bits per heavy atom. The number of rotatable bonds is 5. The van der Waals surface area contributed by atoms with Crippen molar-refractivity contribution in [1.29, 1.82) is 0 Å². The van der Waals surface area contributed by atoms with Crippen LogP contribution in [0.2, 0.25) is 0 Å². The molecule has 0 bridgehead atoms. The van der Waals surface area contributed by atoms with Crippen LogP contribution in [0.15, 0.2) is 60.7 Å². The summed E-state index contributed by atoms with van der Waals surface area (Å²) in [6.07, 6.45) is 5.26. The summed E-state index contributed by atoms with van der Waals surface area (Å²) in [7, 11) is 0. The number of urea groups is 1. The molecule has 0 saturated heterocycles. The van der Waals surface area contributed by atoms with Crippen molar-refractivity contribution in [3.8, 4) is 12.3 Å². The third kappa shape index (κ3) is 4.11. The predicted molar refractivity (Wildman–Crippen MR) is 90.0 cm³/mol. The zero-order valence-electron chi connectivity index (χ0n) is 12.5. The number of carbonyl (C=O) groups excluding carboxylic acids is 2. The summed E-state index contributed by atoms with van der Waals surface area (Å²) < 4.78 is 0. The van der Waals surface area contributed by atoms with Gasteiger partial charge in [-0.3, -0.25) is 9.69 Å². The van der Waals surface area contributed by atoms with Gasteiger partial charge in [-0.05, 0) is 24.3 Å². The SMILES string of the molecule is C#CC[C@H](NC(=O)N(c1ccccc1)c1ccccc1)C(N)=O. The molecular weight excluding hydrogens is 290 g/mol. The van der Waals surface area contributed by atoms with Crippen molar-refractivity contribution in [3.63, 3.8) is 0 Å². The highest BCUT2D eigenvalue weighted by Gasteiger charge is 2.23. The second kappa shape index (κ2) is 7.66. The van der Waals surface area contributed by atoms with Crippen LogP contribution in [0.3, 0.4) is 0 Å². The Morgan fingerprint density at radius 2 is 1.52 bits per heavy atom. The zero-order valence-corrected chi connectivity index (χ0v) is 12.5. The van der Waals surface area contributed by atoms with Crippen LogP contribution in [-0.4, -0.2) is 18.0 Å². The van der Waals surface area contributed by atoms with Gasteiger partial charge in [0.2, 0.25) is 5.91 Å². The van der Waals surface area contributed by atoms with Crippen LogP contribution in [-0.2, 0) is 4.79 Å². The van der Waals surface area contributed by atoms with Crippen molar-refractivity contribution in [3.05, 3.63) is 60.7 Å². The van der Waals surface area contributed by atoms with E-state index in [1.165, 1.54) is 4.90 Å². The Balaban J connectivity index is 2.33. The third-order valence-electron chi connectivity index (χ3n) is 3.20. The summed E-state index contributed by atoms with van der Waals surface area (Å²) in [5.74, 6) is 1.67. The van der Waals surface area contributed by atoms with Gasteiger partial charge in [-0.15, -0.1) is 12.3 Å². The fourth-order valence-corrected chi connectivity index (χ4v) is 2.09. The average molecular weight is 307 g/mol. The molecule has 0 unspecified atom stereocenters. The van der Waals surface area contributed by atoms with Crippen molar-refractivity contribution in [1.82, 2.24) is 5.32 Å². The molecular formula is C18H17N3O2. The van der Waals surface area contributed by atoms with E-state index in [1.807, 2.05) is 36.4 Å². The van der Waals surface area contributed by atoms with Crippen molar-refractivity contribution in [2.45, 2.75) is 12.5 Å². The van der Waals surface area contributed by atoms with Gasteiger partial charge in [0.25, 0.3) is 0 Å². The molecule has 0 aliphatic rings. The minimum absolute atomic E-state index is 0.0402. The first-order valence-corrected chi connectivity index (χ1v) is 7.07. The van der Waals surface area contributed by atoms with Crippen LogP contribution >= 0.6 is 0 Å². The van der Waals surface area contributed by atoms with Gasteiger partial charge in [0.1, 0.15) is 6.04 Å². The lowest BCUT2D eigenvalue weighted by molar-refractivity contribution is -0.119. The minimum atomic E-state index is -0.914. The van der Waals surface area contributed by atoms with Gasteiger partial charge in [-0.1, -0.05) is 36.4 Å². The molecule has 0 aromatic heterocycles. The van der Waals surface area contributed by atoms with E-state index >= 15 is 0 Å². The van der Waals surface area contributed by atoms with Crippen LogP contribution in [0.5, 0.6) is 0 Å². The molecule has 0 radical (unpaired) electrons. The Labute approximate surface area is 135 Å². The zero-order chi connectivity index (χ0) is 16.7. The maximum atomic E-state index is 12.7. The van der Waals surface area contributed by atoms with Crippen LogP contribution in [0, 0.1) is 12.3 Å². The van der Waals surface area contributed by atoms with Gasteiger partial charge < -0.3 is 11.1 Å². The summed E-state index contributed by atoms with van der Waals surface area (Å²) in [5.41, 5.74) is 6.61. The molecule has 0 spiro atoms. The van der Waals surface area contributed by atoms with Crippen molar-refractivity contribution in [2.24, 2.45) is 5.73 Å². The summed E-state index contributed by atoms with van der Waals surface area (Å²) in [6.45, 7) is 0. The maximum Gasteiger partial charge on any atom is 0.327 e. The molecule has 116 valence electrons. The molecule has 2 rings (SSSR count). The number of nitrogens with one attached hydrogen (secondary N) is 1. The minimum Gasteiger partial charge on any atom is -0.368 e. The normalized spacial score (nSPS) is 11.1. The van der Waals surface area contributed by atoms with Gasteiger partial charge in [0, 0.05) is 6.42 Å². The number of para-hydroxylation sites is 2. The number of nitrogens with zero attached hydrogens (tertiary/aromatic N) is 1. The van der Waals surface area contributed by atoms with Gasteiger partial charge in [0.05, 0.1) is 11.4 Å². The Hall–Kier alpha value is -3.26. The van der Waals surface area contributed by atoms with E-state index in [4.69, 9.17) is 12.2 Å². The molecule has 0 saturated carbocycles. The van der Waals surface area contributed by atoms with Crippen molar-refractivity contribution < 1.29 is 9.59 Å². The Kier molecular flexibility index (Phi) is 5.37. The molecule has 0 aliphatic heterocycles. The number of primary amides is 1. The van der Waals surface area contributed by atoms with Crippen LogP contribution in [0.1, 0.15) is 6.42 Å². The fourth-order valence-electron chi connectivity index (χ4n) is 2.09. The number of hydrogen-bond donors (Lipinski definition) is 2. The predicted octanol–water partition coefficient (Wildman–Crippen LogP) is 2.41. The highest BCUT2D eigenvalue weighted by atomic mass is 16.2. The number of carbonyl (C=O) groups is 2. The van der Waals surface area contributed by atoms with E-state index in [2.05, 4.69) is 11.2 Å². The largest absolute Gasteiger partial charge is 0.368 e. The van der Waals surface area contributed by atoms with E-state index in [9.17, 15) is 9.59 Å². The monoisotopic (exact) mass is 307 g/mol. The molecule has 0 fully saturated rings. The van der Waals surface area contributed by atoms with Crippen LogP contribution in [0.25, 0.3) is 0 Å². The first kappa shape index (κ1) is 16.1. The Morgan fingerprint density at radius 1 is 1.04 bits per heavy atom. The molecule has 0 aliphatic carbocycles. The number of amides is 3. The summed E-state index contributed by atoms with van der Waals surface area (Å²) in [6, 6.07) is 16.8. The average Bonchev–Trinajstić information content (AvgIpc) is 2.56. The van der Waals surface area contributed by atoms with E-state index < -0.39 is 18.0 Å². The molecule has 3 N–H and O–H groups in total. The highest BCUT2D eigenvalue weighted by molar-refractivity contribution is 6.01. The van der Waals surface area contributed by atoms with E-state index in [0.29, 0.717) is 11.4 Å². The van der Waals surface area contributed by atoms with Crippen molar-refractivity contribution >= 4 is 23.3 Å². The van der Waals surface area contributed by atoms with E-state index in [-0.39, 0.29) is 6.42 Å². The lowest BCUT2D eigenvalue weighted by atomic mass is 10.2. The third-order valence-corrected chi connectivity index (χ3v) is 3.20.